The smallest absolute Gasteiger partial charge is 0.227 e. The van der Waals surface area contributed by atoms with Gasteiger partial charge in [-0.1, -0.05) is 12.1 Å². The number of hydrogen-bond acceptors (Lipinski definition) is 2. The molecule has 0 saturated carbocycles. The van der Waals surface area contributed by atoms with Crippen LogP contribution in [0.5, 0.6) is 5.75 Å². The van der Waals surface area contributed by atoms with Gasteiger partial charge >= 0.3 is 0 Å². The van der Waals surface area contributed by atoms with Crippen LogP contribution in [0.25, 0.3) is 0 Å². The van der Waals surface area contributed by atoms with Crippen LogP contribution in [0.15, 0.2) is 24.3 Å². The maximum atomic E-state index is 12.1. The molecule has 1 aliphatic heterocycles. The monoisotopic (exact) mass is 233 g/mol. The first-order valence-corrected chi connectivity index (χ1v) is 6.24. The number of nitrogens with zero attached hydrogens (tertiary/aromatic N) is 1. The van der Waals surface area contributed by atoms with E-state index < -0.39 is 0 Å². The zero-order valence-corrected chi connectivity index (χ0v) is 10.2. The maximum Gasteiger partial charge on any atom is 0.227 e. The van der Waals surface area contributed by atoms with E-state index in [2.05, 4.69) is 6.92 Å². The normalized spacial score (nSPS) is 20.3. The molecule has 0 bridgehead atoms. The summed E-state index contributed by atoms with van der Waals surface area (Å²) in [6.45, 7) is 2.98. The summed E-state index contributed by atoms with van der Waals surface area (Å²) in [5.74, 6) is 0.393. The topological polar surface area (TPSA) is 40.5 Å². The van der Waals surface area contributed by atoms with Crippen LogP contribution < -0.4 is 0 Å². The average molecular weight is 233 g/mol. The first-order valence-electron chi connectivity index (χ1n) is 6.24. The number of carbonyl (C=O) groups excluding carboxylic acids is 1. The predicted octanol–water partition coefficient (Wildman–Crippen LogP) is 2.34. The highest BCUT2D eigenvalue weighted by Gasteiger charge is 2.22. The Hall–Kier alpha value is -1.51. The number of aromatic hydroxyl groups is 1. The number of likely N-dealkylation sites (tertiary alicyclic amines) is 1. The van der Waals surface area contributed by atoms with Crippen molar-refractivity contribution >= 4 is 5.91 Å². The van der Waals surface area contributed by atoms with Crippen molar-refractivity contribution in [3.05, 3.63) is 29.8 Å². The first-order chi connectivity index (χ1) is 8.16. The Balaban J connectivity index is 2.01. The molecule has 1 unspecified atom stereocenters. The Bertz CT molecular complexity index is 403. The molecule has 1 aromatic carbocycles. The lowest BCUT2D eigenvalue weighted by atomic mass is 10.0. The van der Waals surface area contributed by atoms with E-state index in [1.165, 1.54) is 6.42 Å². The fourth-order valence-electron chi connectivity index (χ4n) is 2.41. The Labute approximate surface area is 102 Å². The summed E-state index contributed by atoms with van der Waals surface area (Å²) in [6, 6.07) is 7.29. The SMILES string of the molecule is CC1CCCCN1C(=O)Cc1cccc(O)c1. The Kier molecular flexibility index (Phi) is 3.67. The van der Waals surface area contributed by atoms with Gasteiger partial charge in [0.1, 0.15) is 5.75 Å². The van der Waals surface area contributed by atoms with Gasteiger partial charge in [-0.15, -0.1) is 0 Å². The van der Waals surface area contributed by atoms with E-state index in [0.29, 0.717) is 12.5 Å². The van der Waals surface area contributed by atoms with E-state index in [9.17, 15) is 9.90 Å². The molecular formula is C14H19NO2. The molecule has 1 atom stereocenters. The summed E-state index contributed by atoms with van der Waals surface area (Å²) in [7, 11) is 0. The molecule has 1 heterocycles. The summed E-state index contributed by atoms with van der Waals surface area (Å²) in [4.78, 5) is 14.1. The number of rotatable bonds is 2. The second kappa shape index (κ2) is 5.21. The molecule has 0 aromatic heterocycles. The van der Waals surface area contributed by atoms with Gasteiger partial charge in [0, 0.05) is 12.6 Å². The van der Waals surface area contributed by atoms with Gasteiger partial charge < -0.3 is 10.0 Å². The molecule has 2 rings (SSSR count). The van der Waals surface area contributed by atoms with Crippen molar-refractivity contribution < 1.29 is 9.90 Å². The number of phenols is 1. The summed E-state index contributed by atoms with van der Waals surface area (Å²) >= 11 is 0. The molecule has 0 spiro atoms. The van der Waals surface area contributed by atoms with Crippen LogP contribution in [0.4, 0.5) is 0 Å². The molecular weight excluding hydrogens is 214 g/mol. The van der Waals surface area contributed by atoms with Gasteiger partial charge in [0.25, 0.3) is 0 Å². The molecule has 0 radical (unpaired) electrons. The summed E-state index contributed by atoms with van der Waals surface area (Å²) in [5, 5.41) is 9.36. The fraction of sp³-hybridized carbons (Fsp3) is 0.500. The molecule has 3 heteroatoms. The number of carbonyl (C=O) groups is 1. The number of piperidine rings is 1. The van der Waals surface area contributed by atoms with Crippen molar-refractivity contribution in [1.82, 2.24) is 4.90 Å². The molecule has 1 aromatic rings. The van der Waals surface area contributed by atoms with Crippen LogP contribution in [-0.4, -0.2) is 28.5 Å². The van der Waals surface area contributed by atoms with Crippen LogP contribution in [0, 0.1) is 0 Å². The van der Waals surface area contributed by atoms with Gasteiger partial charge in [0.05, 0.1) is 6.42 Å². The van der Waals surface area contributed by atoms with E-state index >= 15 is 0 Å². The van der Waals surface area contributed by atoms with Crippen molar-refractivity contribution in [3.8, 4) is 5.75 Å². The van der Waals surface area contributed by atoms with E-state index in [-0.39, 0.29) is 11.7 Å². The average Bonchev–Trinajstić information content (AvgIpc) is 2.29. The van der Waals surface area contributed by atoms with Gasteiger partial charge in [0.2, 0.25) is 5.91 Å². The van der Waals surface area contributed by atoms with Crippen LogP contribution in [0.3, 0.4) is 0 Å². The van der Waals surface area contributed by atoms with Gasteiger partial charge in [-0.05, 0) is 43.9 Å². The highest BCUT2D eigenvalue weighted by molar-refractivity contribution is 5.79. The van der Waals surface area contributed by atoms with Crippen molar-refractivity contribution in [2.45, 2.75) is 38.6 Å². The van der Waals surface area contributed by atoms with Crippen LogP contribution >= 0.6 is 0 Å². The van der Waals surface area contributed by atoms with E-state index in [1.807, 2.05) is 11.0 Å². The van der Waals surface area contributed by atoms with Gasteiger partial charge in [-0.25, -0.2) is 0 Å². The molecule has 1 N–H and O–H groups in total. The molecule has 1 saturated heterocycles. The largest absolute Gasteiger partial charge is 0.508 e. The molecule has 3 nitrogen and oxygen atoms in total. The number of amides is 1. The zero-order chi connectivity index (χ0) is 12.3. The lowest BCUT2D eigenvalue weighted by Gasteiger charge is -2.33. The van der Waals surface area contributed by atoms with Gasteiger partial charge in [-0.2, -0.15) is 0 Å². The predicted molar refractivity (Wildman–Crippen MR) is 66.8 cm³/mol. The van der Waals surface area contributed by atoms with Crippen molar-refractivity contribution in [2.75, 3.05) is 6.54 Å². The summed E-state index contributed by atoms with van der Waals surface area (Å²) in [5.41, 5.74) is 0.882. The standard InChI is InChI=1S/C14H19NO2/c1-11-5-2-3-8-15(11)14(17)10-12-6-4-7-13(16)9-12/h4,6-7,9,11,16H,2-3,5,8,10H2,1H3. The molecule has 1 fully saturated rings. The minimum Gasteiger partial charge on any atom is -0.508 e. The van der Waals surface area contributed by atoms with E-state index in [1.54, 1.807) is 18.2 Å². The fourth-order valence-corrected chi connectivity index (χ4v) is 2.41. The van der Waals surface area contributed by atoms with Crippen molar-refractivity contribution in [1.29, 1.82) is 0 Å². The highest BCUT2D eigenvalue weighted by atomic mass is 16.3. The van der Waals surface area contributed by atoms with E-state index in [0.717, 1.165) is 24.9 Å². The minimum absolute atomic E-state index is 0.169. The summed E-state index contributed by atoms with van der Waals surface area (Å²) < 4.78 is 0. The second-order valence-electron chi connectivity index (χ2n) is 4.78. The third kappa shape index (κ3) is 2.99. The van der Waals surface area contributed by atoms with Crippen LogP contribution in [-0.2, 0) is 11.2 Å². The number of hydrogen-bond donors (Lipinski definition) is 1. The lowest BCUT2D eigenvalue weighted by Crippen LogP contribution is -2.42. The molecule has 0 aliphatic carbocycles. The van der Waals surface area contributed by atoms with Crippen LogP contribution in [0.2, 0.25) is 0 Å². The molecule has 92 valence electrons. The third-order valence-corrected chi connectivity index (χ3v) is 3.39. The second-order valence-corrected chi connectivity index (χ2v) is 4.78. The Morgan fingerprint density at radius 3 is 3.00 bits per heavy atom. The summed E-state index contributed by atoms with van der Waals surface area (Å²) in [6.07, 6.45) is 3.82. The maximum absolute atomic E-state index is 12.1. The third-order valence-electron chi connectivity index (χ3n) is 3.39. The zero-order valence-electron chi connectivity index (χ0n) is 10.2. The lowest BCUT2D eigenvalue weighted by molar-refractivity contribution is -0.133. The van der Waals surface area contributed by atoms with Gasteiger partial charge in [-0.3, -0.25) is 4.79 Å². The quantitative estimate of drug-likeness (QED) is 0.851. The van der Waals surface area contributed by atoms with Gasteiger partial charge in [0.15, 0.2) is 0 Å². The van der Waals surface area contributed by atoms with Crippen molar-refractivity contribution in [3.63, 3.8) is 0 Å². The Morgan fingerprint density at radius 2 is 2.29 bits per heavy atom. The highest BCUT2D eigenvalue weighted by Crippen LogP contribution is 2.18. The molecule has 17 heavy (non-hydrogen) atoms. The molecule has 1 aliphatic rings. The van der Waals surface area contributed by atoms with E-state index in [4.69, 9.17) is 0 Å². The minimum atomic E-state index is 0.169. The van der Waals surface area contributed by atoms with Crippen molar-refractivity contribution in [2.24, 2.45) is 0 Å². The number of benzene rings is 1. The first kappa shape index (κ1) is 12.0. The number of phenolic OH excluding ortho intramolecular Hbond substituents is 1. The molecule has 1 amide bonds. The van der Waals surface area contributed by atoms with Crippen LogP contribution in [0.1, 0.15) is 31.7 Å². The Morgan fingerprint density at radius 1 is 1.47 bits per heavy atom.